The minimum absolute atomic E-state index is 0.407. The molecule has 0 radical (unpaired) electrons. The smallest absolute Gasteiger partial charge is 0.269 e. The molecule has 0 atom stereocenters. The molecule has 2 N–H and O–H groups in total. The first-order chi connectivity index (χ1) is 15.0. The Morgan fingerprint density at radius 3 is 1.68 bits per heavy atom. The maximum atomic E-state index is 12.3. The highest BCUT2D eigenvalue weighted by molar-refractivity contribution is 5.99. The van der Waals surface area contributed by atoms with Crippen LogP contribution in [-0.2, 0) is 6.61 Å². The largest absolute Gasteiger partial charge is 0.493 e. The van der Waals surface area contributed by atoms with Crippen LogP contribution in [0, 0.1) is 5.92 Å². The Morgan fingerprint density at radius 2 is 1.19 bits per heavy atom. The molecule has 0 unspecified atom stereocenters. The zero-order chi connectivity index (χ0) is 22.1. The molecule has 0 saturated carbocycles. The minimum Gasteiger partial charge on any atom is -0.493 e. The van der Waals surface area contributed by atoms with Crippen molar-refractivity contribution in [3.05, 3.63) is 95.6 Å². The van der Waals surface area contributed by atoms with Gasteiger partial charge in [0.25, 0.3) is 11.8 Å². The van der Waals surface area contributed by atoms with E-state index < -0.39 is 11.8 Å². The van der Waals surface area contributed by atoms with Gasteiger partial charge >= 0.3 is 0 Å². The van der Waals surface area contributed by atoms with Gasteiger partial charge in [-0.05, 0) is 60.0 Å². The topological polar surface area (TPSA) is 76.7 Å². The van der Waals surface area contributed by atoms with Crippen LogP contribution in [0.3, 0.4) is 0 Å². The Labute approximate surface area is 182 Å². The van der Waals surface area contributed by atoms with E-state index in [9.17, 15) is 9.59 Å². The lowest BCUT2D eigenvalue weighted by Crippen LogP contribution is -2.41. The number of ether oxygens (including phenoxy) is 2. The number of hydrogen-bond acceptors (Lipinski definition) is 4. The molecule has 0 aliphatic rings. The maximum absolute atomic E-state index is 12.3. The number of hydrazine groups is 1. The predicted molar refractivity (Wildman–Crippen MR) is 119 cm³/mol. The molecule has 3 rings (SSSR count). The van der Waals surface area contributed by atoms with Crippen molar-refractivity contribution in [3.8, 4) is 11.5 Å². The van der Waals surface area contributed by atoms with Crippen molar-refractivity contribution in [2.75, 3.05) is 6.61 Å². The van der Waals surface area contributed by atoms with Crippen LogP contribution in [0.2, 0.25) is 0 Å². The van der Waals surface area contributed by atoms with Crippen molar-refractivity contribution in [2.45, 2.75) is 20.5 Å². The highest BCUT2D eigenvalue weighted by Crippen LogP contribution is 2.15. The van der Waals surface area contributed by atoms with Crippen molar-refractivity contribution < 1.29 is 19.1 Å². The third-order valence-electron chi connectivity index (χ3n) is 4.35. The summed E-state index contributed by atoms with van der Waals surface area (Å²) in [6.07, 6.45) is 0. The number of carbonyl (C=O) groups excluding carboxylic acids is 2. The van der Waals surface area contributed by atoms with Crippen LogP contribution in [0.15, 0.2) is 78.9 Å². The number of rotatable bonds is 8. The molecular formula is C25H26N2O4. The fourth-order valence-corrected chi connectivity index (χ4v) is 2.67. The first-order valence-electron chi connectivity index (χ1n) is 10.1. The van der Waals surface area contributed by atoms with Crippen molar-refractivity contribution in [3.63, 3.8) is 0 Å². The number of nitrogens with one attached hydrogen (secondary N) is 2. The lowest BCUT2D eigenvalue weighted by molar-refractivity contribution is 0.0846. The van der Waals surface area contributed by atoms with Crippen molar-refractivity contribution in [2.24, 2.45) is 5.92 Å². The van der Waals surface area contributed by atoms with Crippen molar-refractivity contribution >= 4 is 11.8 Å². The van der Waals surface area contributed by atoms with Crippen LogP contribution < -0.4 is 20.3 Å². The Bertz CT molecular complexity index is 984. The van der Waals surface area contributed by atoms with Gasteiger partial charge in [-0.15, -0.1) is 0 Å². The van der Waals surface area contributed by atoms with E-state index in [2.05, 4.69) is 24.7 Å². The molecule has 3 aromatic rings. The lowest BCUT2D eigenvalue weighted by atomic mass is 10.2. The zero-order valence-electron chi connectivity index (χ0n) is 17.6. The van der Waals surface area contributed by atoms with Crippen LogP contribution in [0.1, 0.15) is 40.1 Å². The van der Waals surface area contributed by atoms with Gasteiger partial charge in [-0.1, -0.05) is 44.2 Å². The van der Waals surface area contributed by atoms with Crippen molar-refractivity contribution in [1.82, 2.24) is 10.9 Å². The zero-order valence-corrected chi connectivity index (χ0v) is 17.6. The summed E-state index contributed by atoms with van der Waals surface area (Å²) in [5.41, 5.74) is 6.72. The van der Waals surface area contributed by atoms with E-state index in [-0.39, 0.29) is 0 Å². The summed E-state index contributed by atoms with van der Waals surface area (Å²) < 4.78 is 11.3. The molecule has 6 heteroatoms. The summed E-state index contributed by atoms with van der Waals surface area (Å²) >= 11 is 0. The van der Waals surface area contributed by atoms with E-state index in [4.69, 9.17) is 9.47 Å². The SMILES string of the molecule is CC(C)COc1ccc(C(=O)NNC(=O)c2ccc(OCc3ccccc3)cc2)cc1. The van der Waals surface area contributed by atoms with Crippen LogP contribution in [0.5, 0.6) is 11.5 Å². The molecule has 0 aliphatic heterocycles. The third-order valence-corrected chi connectivity index (χ3v) is 4.35. The number of amides is 2. The van der Waals surface area contributed by atoms with Crippen LogP contribution >= 0.6 is 0 Å². The molecule has 0 spiro atoms. The number of carbonyl (C=O) groups is 2. The molecule has 3 aromatic carbocycles. The monoisotopic (exact) mass is 418 g/mol. The summed E-state index contributed by atoms with van der Waals surface area (Å²) in [5.74, 6) is 0.946. The first-order valence-corrected chi connectivity index (χ1v) is 10.1. The predicted octanol–water partition coefficient (Wildman–Crippen LogP) is 4.38. The Morgan fingerprint density at radius 1 is 0.710 bits per heavy atom. The lowest BCUT2D eigenvalue weighted by Gasteiger charge is -2.10. The van der Waals surface area contributed by atoms with Gasteiger partial charge in [0.2, 0.25) is 0 Å². The maximum Gasteiger partial charge on any atom is 0.269 e. The molecule has 31 heavy (non-hydrogen) atoms. The van der Waals surface area contributed by atoms with E-state index in [1.165, 1.54) is 0 Å². The van der Waals surface area contributed by atoms with Gasteiger partial charge in [0.15, 0.2) is 0 Å². The Balaban J connectivity index is 1.47. The molecule has 0 heterocycles. The van der Waals surface area contributed by atoms with Crippen molar-refractivity contribution in [1.29, 1.82) is 0 Å². The van der Waals surface area contributed by atoms with Crippen LogP contribution in [0.4, 0.5) is 0 Å². The minimum atomic E-state index is -0.417. The van der Waals surface area contributed by atoms with Gasteiger partial charge in [-0.3, -0.25) is 20.4 Å². The molecule has 0 aromatic heterocycles. The Kier molecular flexibility index (Phi) is 7.65. The summed E-state index contributed by atoms with van der Waals surface area (Å²) in [5, 5.41) is 0. The van der Waals surface area contributed by atoms with Crippen LogP contribution in [-0.4, -0.2) is 18.4 Å². The van der Waals surface area contributed by atoms with Gasteiger partial charge in [0.1, 0.15) is 18.1 Å². The molecular weight excluding hydrogens is 392 g/mol. The average Bonchev–Trinajstić information content (AvgIpc) is 2.81. The van der Waals surface area contributed by atoms with E-state index in [0.29, 0.717) is 41.8 Å². The summed E-state index contributed by atoms with van der Waals surface area (Å²) in [6.45, 7) is 5.19. The van der Waals surface area contributed by atoms with Gasteiger partial charge in [-0.2, -0.15) is 0 Å². The van der Waals surface area contributed by atoms with Gasteiger partial charge < -0.3 is 9.47 Å². The average molecular weight is 418 g/mol. The summed E-state index contributed by atoms with van der Waals surface area (Å²) in [4.78, 5) is 24.5. The highest BCUT2D eigenvalue weighted by Gasteiger charge is 2.10. The van der Waals surface area contributed by atoms with Gasteiger partial charge in [0, 0.05) is 11.1 Å². The fourth-order valence-electron chi connectivity index (χ4n) is 2.67. The van der Waals surface area contributed by atoms with Crippen LogP contribution in [0.25, 0.3) is 0 Å². The quantitative estimate of drug-likeness (QED) is 0.533. The summed E-state index contributed by atoms with van der Waals surface area (Å²) in [7, 11) is 0. The number of benzene rings is 3. The second-order valence-corrected chi connectivity index (χ2v) is 7.44. The normalized spacial score (nSPS) is 10.4. The highest BCUT2D eigenvalue weighted by atomic mass is 16.5. The van der Waals surface area contributed by atoms with Gasteiger partial charge in [0.05, 0.1) is 6.61 Å². The van der Waals surface area contributed by atoms with E-state index >= 15 is 0 Å². The molecule has 2 amide bonds. The first kappa shape index (κ1) is 21.9. The third kappa shape index (κ3) is 6.89. The second-order valence-electron chi connectivity index (χ2n) is 7.44. The van der Waals surface area contributed by atoms with E-state index in [0.717, 1.165) is 5.56 Å². The molecule has 0 aliphatic carbocycles. The standard InChI is InChI=1S/C25H26N2O4/c1-18(2)16-30-22-12-8-20(9-13-22)24(28)26-27-25(29)21-10-14-23(15-11-21)31-17-19-6-4-3-5-7-19/h3-15,18H,16-17H2,1-2H3,(H,26,28)(H,27,29). The molecule has 0 bridgehead atoms. The summed E-state index contributed by atoms with van der Waals surface area (Å²) in [6, 6.07) is 23.3. The second kappa shape index (κ2) is 10.8. The fraction of sp³-hybridized carbons (Fsp3) is 0.200. The molecule has 6 nitrogen and oxygen atoms in total. The molecule has 160 valence electrons. The Hall–Kier alpha value is -3.80. The number of hydrogen-bond donors (Lipinski definition) is 2. The van der Waals surface area contributed by atoms with E-state index in [1.54, 1.807) is 48.5 Å². The molecule has 0 fully saturated rings. The van der Waals surface area contributed by atoms with E-state index in [1.807, 2.05) is 30.3 Å². The molecule has 0 saturated heterocycles. The van der Waals surface area contributed by atoms with Gasteiger partial charge in [-0.25, -0.2) is 0 Å².